The van der Waals surface area contributed by atoms with Crippen LogP contribution in [0, 0.1) is 0 Å². The third-order valence-electron chi connectivity index (χ3n) is 2.19. The van der Waals surface area contributed by atoms with Gasteiger partial charge in [0.15, 0.2) is 0 Å². The van der Waals surface area contributed by atoms with Crippen molar-refractivity contribution in [2.24, 2.45) is 0 Å². The topological polar surface area (TPSA) is 46.5 Å². The summed E-state index contributed by atoms with van der Waals surface area (Å²) in [5.41, 5.74) is -0.829. The van der Waals surface area contributed by atoms with E-state index >= 15 is 0 Å². The SMILES string of the molecule is COC(=O)C[C@H](O)c1cccc(C(F)(F)F)c1. The van der Waals surface area contributed by atoms with E-state index in [-0.39, 0.29) is 12.0 Å². The zero-order valence-electron chi connectivity index (χ0n) is 8.99. The fraction of sp³-hybridized carbons (Fsp3) is 0.364. The second kappa shape index (κ2) is 5.18. The lowest BCUT2D eigenvalue weighted by Gasteiger charge is -2.12. The Kier molecular flexibility index (Phi) is 4.11. The van der Waals surface area contributed by atoms with Gasteiger partial charge in [-0.15, -0.1) is 0 Å². The molecule has 0 amide bonds. The van der Waals surface area contributed by atoms with E-state index in [2.05, 4.69) is 4.74 Å². The number of rotatable bonds is 3. The number of ether oxygens (including phenoxy) is 1. The lowest BCUT2D eigenvalue weighted by atomic mass is 10.0. The van der Waals surface area contributed by atoms with Crippen LogP contribution in [0.5, 0.6) is 0 Å². The molecule has 1 atom stereocenters. The molecule has 3 nitrogen and oxygen atoms in total. The average molecular weight is 248 g/mol. The lowest BCUT2D eigenvalue weighted by Crippen LogP contribution is -2.10. The molecule has 0 aliphatic rings. The second-order valence-corrected chi connectivity index (χ2v) is 3.42. The molecule has 1 rings (SSSR count). The van der Waals surface area contributed by atoms with Crippen LogP contribution in [0.15, 0.2) is 24.3 Å². The van der Waals surface area contributed by atoms with Crippen LogP contribution in [-0.2, 0) is 15.7 Å². The molecule has 1 N–H and O–H groups in total. The van der Waals surface area contributed by atoms with Gasteiger partial charge in [-0.1, -0.05) is 12.1 Å². The molecule has 0 radical (unpaired) electrons. The van der Waals surface area contributed by atoms with Crippen molar-refractivity contribution in [2.75, 3.05) is 7.11 Å². The monoisotopic (exact) mass is 248 g/mol. The van der Waals surface area contributed by atoms with Crippen molar-refractivity contribution in [3.05, 3.63) is 35.4 Å². The van der Waals surface area contributed by atoms with Crippen LogP contribution in [0.4, 0.5) is 13.2 Å². The number of esters is 1. The molecular weight excluding hydrogens is 237 g/mol. The number of carbonyl (C=O) groups is 1. The van der Waals surface area contributed by atoms with Crippen LogP contribution in [0.3, 0.4) is 0 Å². The van der Waals surface area contributed by atoms with Crippen molar-refractivity contribution in [3.8, 4) is 0 Å². The molecule has 0 fully saturated rings. The molecule has 17 heavy (non-hydrogen) atoms. The first-order valence-electron chi connectivity index (χ1n) is 4.76. The molecule has 0 saturated carbocycles. The third kappa shape index (κ3) is 3.74. The van der Waals surface area contributed by atoms with Gasteiger partial charge in [-0.25, -0.2) is 0 Å². The summed E-state index contributed by atoms with van der Waals surface area (Å²) in [6, 6.07) is 4.21. The quantitative estimate of drug-likeness (QED) is 0.835. The van der Waals surface area contributed by atoms with Gasteiger partial charge in [0.2, 0.25) is 0 Å². The summed E-state index contributed by atoms with van der Waals surface area (Å²) in [4.78, 5) is 10.9. The number of halogens is 3. The Morgan fingerprint density at radius 1 is 1.47 bits per heavy atom. The number of alkyl halides is 3. The number of carbonyl (C=O) groups excluding carboxylic acids is 1. The minimum atomic E-state index is -4.47. The Balaban J connectivity index is 2.88. The summed E-state index contributed by atoms with van der Waals surface area (Å²) in [6.07, 6.45) is -6.15. The molecule has 0 spiro atoms. The summed E-state index contributed by atoms with van der Waals surface area (Å²) in [5.74, 6) is -0.685. The van der Waals surface area contributed by atoms with Crippen LogP contribution in [-0.4, -0.2) is 18.2 Å². The van der Waals surface area contributed by atoms with Crippen molar-refractivity contribution in [3.63, 3.8) is 0 Å². The highest BCUT2D eigenvalue weighted by molar-refractivity contribution is 5.70. The maximum Gasteiger partial charge on any atom is 0.416 e. The summed E-state index contributed by atoms with van der Waals surface area (Å²) < 4.78 is 41.5. The number of hydrogen-bond acceptors (Lipinski definition) is 3. The molecule has 6 heteroatoms. The highest BCUT2D eigenvalue weighted by Crippen LogP contribution is 2.31. The van der Waals surface area contributed by atoms with Crippen molar-refractivity contribution >= 4 is 5.97 Å². The molecule has 0 bridgehead atoms. The Bertz CT molecular complexity index is 401. The highest BCUT2D eigenvalue weighted by Gasteiger charge is 2.31. The van der Waals surface area contributed by atoms with E-state index in [1.54, 1.807) is 0 Å². The Morgan fingerprint density at radius 2 is 2.12 bits per heavy atom. The molecule has 0 saturated heterocycles. The summed E-state index contributed by atoms with van der Waals surface area (Å²) in [7, 11) is 1.14. The Morgan fingerprint density at radius 3 is 2.65 bits per heavy atom. The average Bonchev–Trinajstić information content (AvgIpc) is 2.28. The van der Waals surface area contributed by atoms with E-state index in [9.17, 15) is 23.1 Å². The van der Waals surface area contributed by atoms with Gasteiger partial charge in [0.05, 0.1) is 25.2 Å². The van der Waals surface area contributed by atoms with Gasteiger partial charge in [-0.3, -0.25) is 4.79 Å². The number of aliphatic hydroxyl groups is 1. The standard InChI is InChI=1S/C11H11F3O3/c1-17-10(16)6-9(15)7-3-2-4-8(5-7)11(12,13)14/h2-5,9,15H,6H2,1H3/t9-/m0/s1. The van der Waals surface area contributed by atoms with Crippen molar-refractivity contribution in [1.82, 2.24) is 0 Å². The van der Waals surface area contributed by atoms with Gasteiger partial charge in [-0.05, 0) is 17.7 Å². The van der Waals surface area contributed by atoms with Gasteiger partial charge in [0, 0.05) is 0 Å². The Labute approximate surface area is 95.8 Å². The first-order valence-corrected chi connectivity index (χ1v) is 4.76. The minimum Gasteiger partial charge on any atom is -0.469 e. The smallest absolute Gasteiger partial charge is 0.416 e. The molecular formula is C11H11F3O3. The maximum atomic E-state index is 12.4. The Hall–Kier alpha value is -1.56. The fourth-order valence-corrected chi connectivity index (χ4v) is 1.28. The van der Waals surface area contributed by atoms with Gasteiger partial charge < -0.3 is 9.84 Å². The second-order valence-electron chi connectivity index (χ2n) is 3.42. The molecule has 0 aromatic heterocycles. The van der Waals surface area contributed by atoms with E-state index in [1.165, 1.54) is 12.1 Å². The van der Waals surface area contributed by atoms with E-state index in [1.807, 2.05) is 0 Å². The van der Waals surface area contributed by atoms with Gasteiger partial charge >= 0.3 is 12.1 Å². The maximum absolute atomic E-state index is 12.4. The van der Waals surface area contributed by atoms with Gasteiger partial charge in [0.25, 0.3) is 0 Å². The van der Waals surface area contributed by atoms with Crippen molar-refractivity contribution < 1.29 is 27.8 Å². The summed E-state index contributed by atoms with van der Waals surface area (Å²) in [6.45, 7) is 0. The van der Waals surface area contributed by atoms with E-state index in [0.717, 1.165) is 19.2 Å². The molecule has 1 aromatic rings. The highest BCUT2D eigenvalue weighted by atomic mass is 19.4. The summed E-state index contributed by atoms with van der Waals surface area (Å²) >= 11 is 0. The number of hydrogen-bond donors (Lipinski definition) is 1. The fourth-order valence-electron chi connectivity index (χ4n) is 1.28. The molecule has 0 aliphatic carbocycles. The zero-order chi connectivity index (χ0) is 13.1. The van der Waals surface area contributed by atoms with Crippen LogP contribution in [0.1, 0.15) is 23.7 Å². The van der Waals surface area contributed by atoms with E-state index < -0.39 is 23.8 Å². The number of benzene rings is 1. The zero-order valence-corrected chi connectivity index (χ0v) is 8.99. The largest absolute Gasteiger partial charge is 0.469 e. The predicted octanol–water partition coefficient (Wildman–Crippen LogP) is 2.30. The number of methoxy groups -OCH3 is 1. The van der Waals surface area contributed by atoms with Crippen molar-refractivity contribution in [2.45, 2.75) is 18.7 Å². The lowest BCUT2D eigenvalue weighted by molar-refractivity contribution is -0.142. The first kappa shape index (κ1) is 13.5. The molecule has 0 unspecified atom stereocenters. The van der Waals surface area contributed by atoms with Crippen LogP contribution in [0.25, 0.3) is 0 Å². The predicted molar refractivity (Wildman–Crippen MR) is 53.0 cm³/mol. The van der Waals surface area contributed by atoms with E-state index in [4.69, 9.17) is 0 Å². The van der Waals surface area contributed by atoms with Crippen molar-refractivity contribution in [1.29, 1.82) is 0 Å². The minimum absolute atomic E-state index is 0.0326. The molecule has 94 valence electrons. The van der Waals surface area contributed by atoms with Crippen LogP contribution < -0.4 is 0 Å². The molecule has 0 heterocycles. The molecule has 0 aliphatic heterocycles. The van der Waals surface area contributed by atoms with Crippen LogP contribution >= 0.6 is 0 Å². The van der Waals surface area contributed by atoms with Gasteiger partial charge in [-0.2, -0.15) is 13.2 Å². The normalized spacial score (nSPS) is 13.2. The van der Waals surface area contributed by atoms with E-state index in [0.29, 0.717) is 0 Å². The first-order chi connectivity index (χ1) is 7.84. The third-order valence-corrected chi connectivity index (χ3v) is 2.19. The number of aliphatic hydroxyl groups excluding tert-OH is 1. The van der Waals surface area contributed by atoms with Gasteiger partial charge in [0.1, 0.15) is 0 Å². The molecule has 1 aromatic carbocycles. The summed E-state index contributed by atoms with van der Waals surface area (Å²) in [5, 5.41) is 9.54. The van der Waals surface area contributed by atoms with Crippen LogP contribution in [0.2, 0.25) is 0 Å².